The van der Waals surface area contributed by atoms with Gasteiger partial charge in [-0.1, -0.05) is 48.5 Å². The van der Waals surface area contributed by atoms with Crippen LogP contribution in [0, 0.1) is 13.8 Å². The first kappa shape index (κ1) is 17.7. The highest BCUT2D eigenvalue weighted by molar-refractivity contribution is 5.77. The third-order valence-corrected chi connectivity index (χ3v) is 3.83. The number of hydrogen-bond donors (Lipinski definition) is 0. The molecule has 0 bridgehead atoms. The molecule has 0 radical (unpaired) electrons. The summed E-state index contributed by atoms with van der Waals surface area (Å²) < 4.78 is 10.4. The molecule has 4 heteroatoms. The van der Waals surface area contributed by atoms with E-state index in [1.165, 1.54) is 0 Å². The Morgan fingerprint density at radius 2 is 1.08 bits per heavy atom. The van der Waals surface area contributed by atoms with Crippen LogP contribution in [-0.4, -0.2) is 11.9 Å². The van der Waals surface area contributed by atoms with Gasteiger partial charge >= 0.3 is 11.9 Å². The molecular formula is C20H22O4. The summed E-state index contributed by atoms with van der Waals surface area (Å²) in [6.45, 7) is 4.38. The van der Waals surface area contributed by atoms with Gasteiger partial charge in [0.15, 0.2) is 0 Å². The van der Waals surface area contributed by atoms with Crippen LogP contribution < -0.4 is 0 Å². The van der Waals surface area contributed by atoms with Gasteiger partial charge in [0.05, 0.1) is 12.8 Å². The van der Waals surface area contributed by atoms with Gasteiger partial charge in [-0.25, -0.2) is 0 Å². The number of benzene rings is 2. The molecule has 0 aliphatic carbocycles. The van der Waals surface area contributed by atoms with E-state index in [9.17, 15) is 9.59 Å². The summed E-state index contributed by atoms with van der Waals surface area (Å²) in [5.41, 5.74) is 4.08. The minimum atomic E-state index is -0.397. The molecular weight excluding hydrogens is 304 g/mol. The fraction of sp³-hybridized carbons (Fsp3) is 0.300. The minimum absolute atomic E-state index is 0.0263. The van der Waals surface area contributed by atoms with Crippen molar-refractivity contribution in [1.29, 1.82) is 0 Å². The molecule has 0 N–H and O–H groups in total. The van der Waals surface area contributed by atoms with Crippen molar-refractivity contribution in [2.24, 2.45) is 0 Å². The normalized spacial score (nSPS) is 10.2. The molecule has 0 unspecified atom stereocenters. The van der Waals surface area contributed by atoms with Crippen LogP contribution in [0.15, 0.2) is 48.5 Å². The number of aryl methyl sites for hydroxylation is 2. The Bertz CT molecular complexity index is 645. The molecule has 24 heavy (non-hydrogen) atoms. The van der Waals surface area contributed by atoms with Crippen LogP contribution in [-0.2, 0) is 32.3 Å². The molecule has 0 saturated carbocycles. The smallest absolute Gasteiger partial charge is 0.306 e. The van der Waals surface area contributed by atoms with Crippen molar-refractivity contribution >= 4 is 11.9 Å². The van der Waals surface area contributed by atoms with Gasteiger partial charge in [0.25, 0.3) is 0 Å². The van der Waals surface area contributed by atoms with Crippen LogP contribution in [0.4, 0.5) is 0 Å². The average molecular weight is 326 g/mol. The van der Waals surface area contributed by atoms with Crippen molar-refractivity contribution in [3.05, 3.63) is 70.8 Å². The van der Waals surface area contributed by atoms with E-state index in [0.717, 1.165) is 22.3 Å². The molecule has 0 fully saturated rings. The highest BCUT2D eigenvalue weighted by Gasteiger charge is 2.10. The second-order valence-electron chi connectivity index (χ2n) is 5.67. The van der Waals surface area contributed by atoms with Gasteiger partial charge in [-0.2, -0.15) is 0 Å². The lowest BCUT2D eigenvalue weighted by Crippen LogP contribution is -2.11. The molecule has 126 valence electrons. The molecule has 0 heterocycles. The van der Waals surface area contributed by atoms with Crippen LogP contribution in [0.25, 0.3) is 0 Å². The summed E-state index contributed by atoms with van der Waals surface area (Å²) in [5.74, 6) is -0.794. The number of hydrogen-bond acceptors (Lipinski definition) is 4. The quantitative estimate of drug-likeness (QED) is 0.725. The van der Waals surface area contributed by atoms with Crippen LogP contribution >= 0.6 is 0 Å². The lowest BCUT2D eigenvalue weighted by atomic mass is 10.1. The molecule has 0 saturated heterocycles. The van der Waals surface area contributed by atoms with Crippen molar-refractivity contribution < 1.29 is 19.1 Å². The number of esters is 2. The van der Waals surface area contributed by atoms with Gasteiger partial charge in [-0.05, 0) is 36.1 Å². The predicted molar refractivity (Wildman–Crippen MR) is 91.2 cm³/mol. The first-order valence-corrected chi connectivity index (χ1v) is 7.96. The largest absolute Gasteiger partial charge is 0.461 e. The molecule has 0 aliphatic heterocycles. The van der Waals surface area contributed by atoms with Gasteiger partial charge in [0.1, 0.15) is 13.2 Å². The Labute approximate surface area is 142 Å². The van der Waals surface area contributed by atoms with E-state index in [-0.39, 0.29) is 26.1 Å². The van der Waals surface area contributed by atoms with Crippen LogP contribution in [0.1, 0.15) is 35.1 Å². The van der Waals surface area contributed by atoms with Crippen molar-refractivity contribution in [2.45, 2.75) is 39.9 Å². The van der Waals surface area contributed by atoms with E-state index < -0.39 is 11.9 Å². The molecule has 0 amide bonds. The fourth-order valence-corrected chi connectivity index (χ4v) is 2.21. The van der Waals surface area contributed by atoms with Crippen LogP contribution in [0.3, 0.4) is 0 Å². The summed E-state index contributed by atoms with van der Waals surface area (Å²) in [5, 5.41) is 0. The lowest BCUT2D eigenvalue weighted by molar-refractivity contribution is -0.151. The van der Waals surface area contributed by atoms with E-state index in [0.29, 0.717) is 0 Å². The predicted octanol–water partition coefficient (Wildman–Crippen LogP) is 3.87. The number of carbonyl (C=O) groups is 2. The van der Waals surface area contributed by atoms with Crippen LogP contribution in [0.2, 0.25) is 0 Å². The fourth-order valence-electron chi connectivity index (χ4n) is 2.21. The molecule has 2 aromatic carbocycles. The van der Waals surface area contributed by atoms with Crippen molar-refractivity contribution in [2.75, 3.05) is 0 Å². The molecule has 2 aromatic rings. The molecule has 4 nitrogen and oxygen atoms in total. The monoisotopic (exact) mass is 326 g/mol. The Morgan fingerprint density at radius 1 is 0.708 bits per heavy atom. The second-order valence-corrected chi connectivity index (χ2v) is 5.67. The van der Waals surface area contributed by atoms with Crippen molar-refractivity contribution in [1.82, 2.24) is 0 Å². The van der Waals surface area contributed by atoms with Gasteiger partial charge in [-0.15, -0.1) is 0 Å². The summed E-state index contributed by atoms with van der Waals surface area (Å²) in [6, 6.07) is 15.4. The summed E-state index contributed by atoms with van der Waals surface area (Å²) in [6.07, 6.45) is 0.0526. The maximum Gasteiger partial charge on any atom is 0.306 e. The zero-order valence-electron chi connectivity index (χ0n) is 14.1. The van der Waals surface area contributed by atoms with Gasteiger partial charge in [-0.3, -0.25) is 9.59 Å². The Morgan fingerprint density at radius 3 is 1.46 bits per heavy atom. The zero-order valence-corrected chi connectivity index (χ0v) is 14.1. The van der Waals surface area contributed by atoms with Crippen molar-refractivity contribution in [3.63, 3.8) is 0 Å². The summed E-state index contributed by atoms with van der Waals surface area (Å²) >= 11 is 0. The highest BCUT2D eigenvalue weighted by atomic mass is 16.5. The van der Waals surface area contributed by atoms with Crippen molar-refractivity contribution in [3.8, 4) is 0 Å². The molecule has 0 spiro atoms. The van der Waals surface area contributed by atoms with E-state index in [1.54, 1.807) is 0 Å². The molecule has 0 aromatic heterocycles. The summed E-state index contributed by atoms with van der Waals surface area (Å²) in [7, 11) is 0. The standard InChI is InChI=1S/C20H22O4/c1-15-7-3-5-9-17(15)13-23-19(21)11-12-20(22)24-14-18-10-6-4-8-16(18)2/h3-10H,11-14H2,1-2H3. The highest BCUT2D eigenvalue weighted by Crippen LogP contribution is 2.11. The minimum Gasteiger partial charge on any atom is -0.461 e. The molecule has 0 aliphatic rings. The number of carbonyl (C=O) groups excluding carboxylic acids is 2. The van der Waals surface area contributed by atoms with E-state index in [2.05, 4.69) is 0 Å². The average Bonchev–Trinajstić information content (AvgIpc) is 2.58. The number of ether oxygens (including phenoxy) is 2. The van der Waals surface area contributed by atoms with Gasteiger partial charge in [0, 0.05) is 0 Å². The second kappa shape index (κ2) is 8.87. The topological polar surface area (TPSA) is 52.6 Å². The van der Waals surface area contributed by atoms with Crippen LogP contribution in [0.5, 0.6) is 0 Å². The summed E-state index contributed by atoms with van der Waals surface area (Å²) in [4.78, 5) is 23.5. The Hall–Kier alpha value is -2.62. The van der Waals surface area contributed by atoms with E-state index >= 15 is 0 Å². The molecule has 0 atom stereocenters. The number of rotatable bonds is 7. The lowest BCUT2D eigenvalue weighted by Gasteiger charge is -2.08. The van der Waals surface area contributed by atoms with E-state index in [4.69, 9.17) is 9.47 Å². The third kappa shape index (κ3) is 5.54. The maximum absolute atomic E-state index is 11.7. The maximum atomic E-state index is 11.7. The Balaban J connectivity index is 1.69. The molecule has 2 rings (SSSR count). The first-order chi connectivity index (χ1) is 11.6. The third-order valence-electron chi connectivity index (χ3n) is 3.83. The zero-order chi connectivity index (χ0) is 17.4. The van der Waals surface area contributed by atoms with Gasteiger partial charge in [0.2, 0.25) is 0 Å². The SMILES string of the molecule is Cc1ccccc1COC(=O)CCC(=O)OCc1ccccc1C. The first-order valence-electron chi connectivity index (χ1n) is 7.96. The Kier molecular flexibility index (Phi) is 6.55. The van der Waals surface area contributed by atoms with Gasteiger partial charge < -0.3 is 9.47 Å². The van der Waals surface area contributed by atoms with E-state index in [1.807, 2.05) is 62.4 Å².